The molecule has 0 spiro atoms. The summed E-state index contributed by atoms with van der Waals surface area (Å²) in [5.74, 6) is 0. The smallest absolute Gasteiger partial charge is 0.0505 e. The van der Waals surface area contributed by atoms with Crippen molar-refractivity contribution in [2.45, 2.75) is 26.9 Å². The van der Waals surface area contributed by atoms with E-state index in [0.29, 0.717) is 0 Å². The molecule has 2 aliphatic rings. The van der Waals surface area contributed by atoms with Gasteiger partial charge in [-0.2, -0.15) is 22.7 Å². The van der Waals surface area contributed by atoms with Crippen LogP contribution >= 0.6 is 22.7 Å². The summed E-state index contributed by atoms with van der Waals surface area (Å²) in [4.78, 5) is 0. The van der Waals surface area contributed by atoms with Crippen LogP contribution in [-0.2, 0) is 13.1 Å². The maximum Gasteiger partial charge on any atom is 0.0505 e. The molecule has 36 heavy (non-hydrogen) atoms. The quantitative estimate of drug-likeness (QED) is 0.168. The Morgan fingerprint density at radius 3 is 1.44 bits per heavy atom. The van der Waals surface area contributed by atoms with Crippen molar-refractivity contribution in [3.05, 3.63) is 82.2 Å². The van der Waals surface area contributed by atoms with E-state index in [1.807, 2.05) is 0 Å². The zero-order valence-electron chi connectivity index (χ0n) is 20.2. The van der Waals surface area contributed by atoms with E-state index in [4.69, 9.17) is 0 Å². The fourth-order valence-electron chi connectivity index (χ4n) is 6.52. The number of hydrogen-bond acceptors (Lipinski definition) is 2. The summed E-state index contributed by atoms with van der Waals surface area (Å²) in [6.07, 6.45) is 0. The number of benzene rings is 4. The second-order valence-electron chi connectivity index (χ2n) is 9.55. The van der Waals surface area contributed by atoms with Crippen molar-refractivity contribution in [3.8, 4) is 33.4 Å². The summed E-state index contributed by atoms with van der Waals surface area (Å²) in [6, 6.07) is 23.2. The molecule has 2 nitrogen and oxygen atoms in total. The lowest BCUT2D eigenvalue weighted by molar-refractivity contribution is 0.813. The van der Waals surface area contributed by atoms with Gasteiger partial charge in [0.25, 0.3) is 0 Å². The monoisotopic (exact) mass is 500 g/mol. The first-order valence-electron chi connectivity index (χ1n) is 12.6. The first kappa shape index (κ1) is 20.6. The van der Waals surface area contributed by atoms with Gasteiger partial charge in [-0.05, 0) is 105 Å². The molecular formula is C32H24N2S2. The maximum atomic E-state index is 2.54. The van der Waals surface area contributed by atoms with Crippen LogP contribution in [0.3, 0.4) is 0 Å². The Bertz CT molecular complexity index is 1850. The third-order valence-electron chi connectivity index (χ3n) is 7.95. The van der Waals surface area contributed by atoms with Crippen LogP contribution in [-0.4, -0.2) is 9.13 Å². The average Bonchev–Trinajstić information content (AvgIpc) is 3.65. The van der Waals surface area contributed by atoms with Crippen LogP contribution in [0.25, 0.3) is 77.0 Å². The number of rotatable bonds is 4. The van der Waals surface area contributed by atoms with Crippen molar-refractivity contribution in [2.24, 2.45) is 0 Å². The summed E-state index contributed by atoms with van der Waals surface area (Å²) in [5, 5.41) is 14.4. The normalized spacial score (nSPS) is 12.4. The molecule has 0 atom stereocenters. The molecule has 6 aromatic rings. The van der Waals surface area contributed by atoms with E-state index in [1.54, 1.807) is 22.7 Å². The summed E-state index contributed by atoms with van der Waals surface area (Å²) in [7, 11) is 0. The zero-order valence-corrected chi connectivity index (χ0v) is 21.8. The molecule has 2 aliphatic heterocycles. The molecule has 0 bridgehead atoms. The molecule has 0 amide bonds. The minimum atomic E-state index is 0.928. The highest BCUT2D eigenvalue weighted by atomic mass is 32.1. The Labute approximate surface area is 217 Å². The van der Waals surface area contributed by atoms with E-state index in [2.05, 4.69) is 105 Å². The first-order chi connectivity index (χ1) is 17.8. The number of aryl methyl sites for hydroxylation is 2. The number of aromatic nitrogens is 2. The third-order valence-corrected chi connectivity index (χ3v) is 9.32. The van der Waals surface area contributed by atoms with Crippen molar-refractivity contribution < 1.29 is 0 Å². The lowest BCUT2D eigenvalue weighted by Gasteiger charge is -2.30. The lowest BCUT2D eigenvalue weighted by atomic mass is 9.83. The summed E-state index contributed by atoms with van der Waals surface area (Å²) >= 11 is 3.54. The van der Waals surface area contributed by atoms with E-state index in [9.17, 15) is 0 Å². The van der Waals surface area contributed by atoms with Crippen molar-refractivity contribution in [2.75, 3.05) is 0 Å². The van der Waals surface area contributed by atoms with Gasteiger partial charge in [-0.1, -0.05) is 24.3 Å². The Morgan fingerprint density at radius 1 is 0.583 bits per heavy atom. The second-order valence-corrected chi connectivity index (χ2v) is 11.1. The van der Waals surface area contributed by atoms with Gasteiger partial charge in [-0.25, -0.2) is 0 Å². The molecule has 0 N–H and O–H groups in total. The summed E-state index contributed by atoms with van der Waals surface area (Å²) < 4.78 is 5.08. The van der Waals surface area contributed by atoms with Crippen LogP contribution in [0.5, 0.6) is 0 Å². The standard InChI is InChI=1S/C32H24N2S2/c1-3-33-25-9-5-7-21-24(20-12-14-36-18-20)16-28-32(29(21)25)31-27(33)15-23(19-11-13-35-17-19)22-8-6-10-26(30(22)31)34(28)4-2/h5-18H,3-4H2,1-2H3. The molecule has 0 unspecified atom stereocenters. The Hall–Kier alpha value is -3.60. The summed E-state index contributed by atoms with van der Waals surface area (Å²) in [5.41, 5.74) is 13.4. The van der Waals surface area contributed by atoms with Crippen molar-refractivity contribution in [3.63, 3.8) is 0 Å². The van der Waals surface area contributed by atoms with Crippen molar-refractivity contribution in [1.29, 1.82) is 0 Å². The van der Waals surface area contributed by atoms with Crippen LogP contribution in [0.2, 0.25) is 0 Å². The van der Waals surface area contributed by atoms with Crippen molar-refractivity contribution >= 4 is 66.3 Å². The maximum absolute atomic E-state index is 2.54. The molecule has 2 aromatic heterocycles. The average molecular weight is 501 g/mol. The molecule has 0 radical (unpaired) electrons. The predicted molar refractivity (Wildman–Crippen MR) is 158 cm³/mol. The minimum absolute atomic E-state index is 0.928. The SMILES string of the molecule is CCn1c2cc(-c3ccsc3)c3cccc4c3c2-c2c3c(cccc31)c(-c1ccsc1)cc2n4CC. The Morgan fingerprint density at radius 2 is 1.06 bits per heavy atom. The topological polar surface area (TPSA) is 9.86 Å². The van der Waals surface area contributed by atoms with Gasteiger partial charge in [0.05, 0.1) is 11.0 Å². The van der Waals surface area contributed by atoms with Crippen LogP contribution in [0.1, 0.15) is 13.8 Å². The number of nitrogens with zero attached hydrogens (tertiary/aromatic N) is 2. The Kier molecular flexibility index (Phi) is 4.26. The molecule has 4 heteroatoms. The number of thiophene rings is 2. The van der Waals surface area contributed by atoms with E-state index in [-0.39, 0.29) is 0 Å². The van der Waals surface area contributed by atoms with Gasteiger partial charge in [0.2, 0.25) is 0 Å². The molecule has 0 fully saturated rings. The van der Waals surface area contributed by atoms with Gasteiger partial charge in [-0.15, -0.1) is 0 Å². The van der Waals surface area contributed by atoms with E-state index in [0.717, 1.165) is 13.1 Å². The fourth-order valence-corrected chi connectivity index (χ4v) is 7.83. The molecule has 8 rings (SSSR count). The predicted octanol–water partition coefficient (Wildman–Crippen LogP) is 9.94. The molecular weight excluding hydrogens is 477 g/mol. The van der Waals surface area contributed by atoms with Gasteiger partial charge in [0.15, 0.2) is 0 Å². The molecule has 4 heterocycles. The first-order valence-corrected chi connectivity index (χ1v) is 14.5. The van der Waals surface area contributed by atoms with E-state index in [1.165, 1.54) is 77.0 Å². The van der Waals surface area contributed by atoms with E-state index >= 15 is 0 Å². The van der Waals surface area contributed by atoms with Crippen LogP contribution in [0.15, 0.2) is 82.2 Å². The molecule has 4 aromatic carbocycles. The summed E-state index contributed by atoms with van der Waals surface area (Å²) in [6.45, 7) is 6.42. The van der Waals surface area contributed by atoms with Crippen LogP contribution in [0, 0.1) is 0 Å². The van der Waals surface area contributed by atoms with Gasteiger partial charge >= 0.3 is 0 Å². The van der Waals surface area contributed by atoms with Crippen molar-refractivity contribution in [1.82, 2.24) is 9.13 Å². The van der Waals surface area contributed by atoms with Gasteiger partial charge < -0.3 is 9.13 Å². The van der Waals surface area contributed by atoms with Gasteiger partial charge in [-0.3, -0.25) is 0 Å². The number of pyridine rings is 2. The number of hydrogen-bond donors (Lipinski definition) is 0. The highest BCUT2D eigenvalue weighted by Crippen LogP contribution is 2.52. The molecule has 0 saturated carbocycles. The van der Waals surface area contributed by atoms with Gasteiger partial charge in [0, 0.05) is 46.0 Å². The van der Waals surface area contributed by atoms with Crippen LogP contribution < -0.4 is 0 Å². The highest BCUT2D eigenvalue weighted by Gasteiger charge is 2.28. The highest BCUT2D eigenvalue weighted by molar-refractivity contribution is 7.08. The van der Waals surface area contributed by atoms with E-state index < -0.39 is 0 Å². The lowest BCUT2D eigenvalue weighted by Crippen LogP contribution is -2.11. The molecule has 174 valence electrons. The largest absolute Gasteiger partial charge is 0.341 e. The van der Waals surface area contributed by atoms with Crippen LogP contribution in [0.4, 0.5) is 0 Å². The Balaban J connectivity index is 1.73. The molecule has 0 aliphatic carbocycles. The zero-order chi connectivity index (χ0) is 24.0. The third kappa shape index (κ3) is 2.51. The van der Waals surface area contributed by atoms with Gasteiger partial charge in [0.1, 0.15) is 0 Å². The second kappa shape index (κ2) is 7.45. The fraction of sp³-hybridized carbons (Fsp3) is 0.125. The molecule has 0 saturated heterocycles. The minimum Gasteiger partial charge on any atom is -0.341 e.